The van der Waals surface area contributed by atoms with Gasteiger partial charge in [-0.3, -0.25) is 9.38 Å². The highest BCUT2D eigenvalue weighted by Crippen LogP contribution is 2.26. The van der Waals surface area contributed by atoms with Crippen molar-refractivity contribution in [1.29, 1.82) is 0 Å². The van der Waals surface area contributed by atoms with E-state index in [1.54, 1.807) is 23.0 Å². The number of nitrogens with two attached hydrogens (primary N) is 1. The molecule has 0 aliphatic heterocycles. The summed E-state index contributed by atoms with van der Waals surface area (Å²) in [7, 11) is 0. The second-order valence-electron chi connectivity index (χ2n) is 3.66. The molecule has 0 fully saturated rings. The maximum atomic E-state index is 6.05. The van der Waals surface area contributed by atoms with Crippen molar-refractivity contribution >= 4 is 23.1 Å². The molecule has 0 atom stereocenters. The van der Waals surface area contributed by atoms with E-state index in [-0.39, 0.29) is 0 Å². The Morgan fingerprint density at radius 1 is 1.18 bits per heavy atom. The van der Waals surface area contributed by atoms with Gasteiger partial charge in [-0.15, -0.1) is 0 Å². The smallest absolute Gasteiger partial charge is 0.157 e. The van der Waals surface area contributed by atoms with Crippen molar-refractivity contribution in [2.75, 3.05) is 5.73 Å². The Morgan fingerprint density at radius 2 is 1.94 bits per heavy atom. The molecule has 0 aliphatic rings. The van der Waals surface area contributed by atoms with Crippen molar-refractivity contribution in [1.82, 2.24) is 14.4 Å². The van der Waals surface area contributed by atoms with Crippen molar-refractivity contribution in [3.05, 3.63) is 47.9 Å². The molecular weight excluding hydrogens is 236 g/mol. The van der Waals surface area contributed by atoms with Crippen LogP contribution in [-0.2, 0) is 0 Å². The van der Waals surface area contributed by atoms with Crippen molar-refractivity contribution in [2.45, 2.75) is 0 Å². The Bertz CT molecular complexity index is 673. The van der Waals surface area contributed by atoms with Crippen LogP contribution in [0.25, 0.3) is 16.9 Å². The van der Waals surface area contributed by atoms with Gasteiger partial charge in [0.1, 0.15) is 11.5 Å². The van der Waals surface area contributed by atoms with Crippen molar-refractivity contribution in [3.63, 3.8) is 0 Å². The quantitative estimate of drug-likeness (QED) is 0.716. The van der Waals surface area contributed by atoms with E-state index in [2.05, 4.69) is 9.97 Å². The zero-order chi connectivity index (χ0) is 11.8. The number of anilines is 1. The number of rotatable bonds is 1. The number of halogens is 1. The predicted molar refractivity (Wildman–Crippen MR) is 67.8 cm³/mol. The Hall–Kier alpha value is -2.07. The van der Waals surface area contributed by atoms with Gasteiger partial charge < -0.3 is 5.73 Å². The molecule has 5 heteroatoms. The van der Waals surface area contributed by atoms with Gasteiger partial charge in [-0.05, 0) is 12.1 Å². The third kappa shape index (κ3) is 1.62. The molecule has 84 valence electrons. The number of nitrogen functional groups attached to an aromatic ring is 1. The first-order valence-corrected chi connectivity index (χ1v) is 5.47. The van der Waals surface area contributed by atoms with Crippen molar-refractivity contribution in [2.24, 2.45) is 0 Å². The molecule has 0 saturated heterocycles. The van der Waals surface area contributed by atoms with E-state index in [0.717, 1.165) is 16.9 Å². The van der Waals surface area contributed by atoms with Gasteiger partial charge in [0.05, 0.1) is 6.20 Å². The summed E-state index contributed by atoms with van der Waals surface area (Å²) >= 11 is 5.85. The molecule has 17 heavy (non-hydrogen) atoms. The van der Waals surface area contributed by atoms with Crippen LogP contribution in [0.3, 0.4) is 0 Å². The maximum absolute atomic E-state index is 6.05. The molecule has 4 nitrogen and oxygen atoms in total. The lowest BCUT2D eigenvalue weighted by molar-refractivity contribution is 1.13. The summed E-state index contributed by atoms with van der Waals surface area (Å²) in [5.41, 5.74) is 8.47. The average Bonchev–Trinajstić information content (AvgIpc) is 2.69. The minimum absolute atomic E-state index is 0.602. The molecule has 0 spiro atoms. The number of nitrogens with zero attached hydrogens (tertiary/aromatic N) is 3. The highest BCUT2D eigenvalue weighted by molar-refractivity contribution is 6.30. The van der Waals surface area contributed by atoms with Crippen LogP contribution in [0.5, 0.6) is 0 Å². The second kappa shape index (κ2) is 3.75. The van der Waals surface area contributed by atoms with E-state index >= 15 is 0 Å². The minimum atomic E-state index is 0.602. The van der Waals surface area contributed by atoms with E-state index < -0.39 is 0 Å². The van der Waals surface area contributed by atoms with E-state index in [9.17, 15) is 0 Å². The molecule has 0 saturated carbocycles. The van der Waals surface area contributed by atoms with Crippen LogP contribution in [0.15, 0.2) is 42.9 Å². The summed E-state index contributed by atoms with van der Waals surface area (Å²) in [5, 5.41) is 0.692. The normalized spacial score (nSPS) is 10.9. The predicted octanol–water partition coefficient (Wildman–Crippen LogP) is 2.63. The number of aromatic nitrogens is 3. The Balaban J connectivity index is 2.24. The Kier molecular flexibility index (Phi) is 2.23. The van der Waals surface area contributed by atoms with Crippen LogP contribution in [0.1, 0.15) is 0 Å². The van der Waals surface area contributed by atoms with Gasteiger partial charge in [-0.25, -0.2) is 4.98 Å². The molecule has 0 unspecified atom stereocenters. The lowest BCUT2D eigenvalue weighted by Gasteiger charge is -1.99. The molecule has 2 heterocycles. The SMILES string of the molecule is Nc1c(-c2ccc(Cl)cc2)nc2cnccn12. The van der Waals surface area contributed by atoms with Gasteiger partial charge >= 0.3 is 0 Å². The van der Waals surface area contributed by atoms with Crippen molar-refractivity contribution < 1.29 is 0 Å². The van der Waals surface area contributed by atoms with Gasteiger partial charge in [0.25, 0.3) is 0 Å². The van der Waals surface area contributed by atoms with Crippen LogP contribution in [0.4, 0.5) is 5.82 Å². The lowest BCUT2D eigenvalue weighted by atomic mass is 10.1. The molecular formula is C12H9ClN4. The number of hydrogen-bond acceptors (Lipinski definition) is 3. The van der Waals surface area contributed by atoms with Crippen LogP contribution < -0.4 is 5.73 Å². The van der Waals surface area contributed by atoms with Gasteiger partial charge in [-0.1, -0.05) is 23.7 Å². The zero-order valence-corrected chi connectivity index (χ0v) is 9.59. The third-order valence-electron chi connectivity index (χ3n) is 2.58. The van der Waals surface area contributed by atoms with Gasteiger partial charge in [0.2, 0.25) is 0 Å². The van der Waals surface area contributed by atoms with E-state index in [1.807, 2.05) is 24.3 Å². The first-order chi connectivity index (χ1) is 8.25. The van der Waals surface area contributed by atoms with Crippen LogP contribution >= 0.6 is 11.6 Å². The second-order valence-corrected chi connectivity index (χ2v) is 4.09. The van der Waals surface area contributed by atoms with E-state index in [0.29, 0.717) is 10.8 Å². The molecule has 3 rings (SSSR count). The summed E-state index contributed by atoms with van der Waals surface area (Å²) in [6.07, 6.45) is 5.14. The minimum Gasteiger partial charge on any atom is -0.383 e. The molecule has 0 radical (unpaired) electrons. The summed E-state index contributed by atoms with van der Waals surface area (Å²) in [5.74, 6) is 0.602. The van der Waals surface area contributed by atoms with Crippen LogP contribution in [0, 0.1) is 0 Å². The summed E-state index contributed by atoms with van der Waals surface area (Å²) in [6.45, 7) is 0. The molecule has 1 aromatic carbocycles. The standard InChI is InChI=1S/C12H9ClN4/c13-9-3-1-8(2-4-9)11-12(14)17-6-5-15-7-10(17)16-11/h1-7H,14H2. The Labute approximate surface area is 103 Å². The highest BCUT2D eigenvalue weighted by atomic mass is 35.5. The number of hydrogen-bond donors (Lipinski definition) is 1. The monoisotopic (exact) mass is 244 g/mol. The van der Waals surface area contributed by atoms with Gasteiger partial charge in [-0.2, -0.15) is 0 Å². The zero-order valence-electron chi connectivity index (χ0n) is 8.84. The fraction of sp³-hybridized carbons (Fsp3) is 0. The largest absolute Gasteiger partial charge is 0.383 e. The lowest BCUT2D eigenvalue weighted by Crippen LogP contribution is -1.93. The topological polar surface area (TPSA) is 56.2 Å². The van der Waals surface area contributed by atoms with Gasteiger partial charge in [0, 0.05) is 23.0 Å². The number of fused-ring (bicyclic) bond motifs is 1. The molecule has 0 aliphatic carbocycles. The summed E-state index contributed by atoms with van der Waals surface area (Å²) < 4.78 is 1.80. The molecule has 3 aromatic rings. The number of imidazole rings is 1. The van der Waals surface area contributed by atoms with E-state index in [4.69, 9.17) is 17.3 Å². The van der Waals surface area contributed by atoms with Gasteiger partial charge in [0.15, 0.2) is 5.65 Å². The summed E-state index contributed by atoms with van der Waals surface area (Å²) in [4.78, 5) is 8.46. The first-order valence-electron chi connectivity index (χ1n) is 5.09. The molecule has 0 amide bonds. The van der Waals surface area contributed by atoms with E-state index in [1.165, 1.54) is 0 Å². The Morgan fingerprint density at radius 3 is 2.65 bits per heavy atom. The molecule has 2 aromatic heterocycles. The van der Waals surface area contributed by atoms with Crippen molar-refractivity contribution in [3.8, 4) is 11.3 Å². The summed E-state index contributed by atoms with van der Waals surface area (Å²) in [6, 6.07) is 7.43. The third-order valence-corrected chi connectivity index (χ3v) is 2.84. The molecule has 0 bridgehead atoms. The average molecular weight is 245 g/mol. The molecule has 2 N–H and O–H groups in total. The van der Waals surface area contributed by atoms with Crippen LogP contribution in [-0.4, -0.2) is 14.4 Å². The fourth-order valence-corrected chi connectivity index (χ4v) is 1.87. The highest BCUT2D eigenvalue weighted by Gasteiger charge is 2.10. The number of benzene rings is 1. The first kappa shape index (κ1) is 10.1. The maximum Gasteiger partial charge on any atom is 0.157 e. The fourth-order valence-electron chi connectivity index (χ4n) is 1.75. The van der Waals surface area contributed by atoms with Crippen LogP contribution in [0.2, 0.25) is 5.02 Å².